The number of benzene rings is 4. The number of aryl methyl sites for hydroxylation is 2. The molecule has 0 aliphatic rings. The number of oxazole rings is 3. The molecule has 480 valence electrons. The fraction of sp³-hybridized carbons (Fsp3) is 0.145. The van der Waals surface area contributed by atoms with Crippen LogP contribution in [0.2, 0.25) is 0 Å². The van der Waals surface area contributed by atoms with E-state index in [1.807, 2.05) is 13.0 Å². The first-order valence-electron chi connectivity index (χ1n) is 24.1. The number of nitrogens with zero attached hydrogens (tertiary/aromatic N) is 8. The van der Waals surface area contributed by atoms with Crippen LogP contribution >= 0.6 is 44.2 Å². The number of methoxy groups -OCH3 is 3. The van der Waals surface area contributed by atoms with Crippen molar-refractivity contribution >= 4 is 101 Å². The monoisotopic (exact) mass is 1490 g/mol. The van der Waals surface area contributed by atoms with Crippen molar-refractivity contribution in [3.05, 3.63) is 200 Å². The number of hydrogen-bond acceptors (Lipinski definition) is 21. The first kappa shape index (κ1) is 78.9. The molecule has 11 rings (SSSR count). The van der Waals surface area contributed by atoms with E-state index in [2.05, 4.69) is 93.3 Å². The van der Waals surface area contributed by atoms with Gasteiger partial charge in [0, 0.05) is 98.6 Å². The van der Waals surface area contributed by atoms with Gasteiger partial charge in [-0.1, -0.05) is 0 Å². The summed E-state index contributed by atoms with van der Waals surface area (Å²) >= 11 is 8.35. The summed E-state index contributed by atoms with van der Waals surface area (Å²) < 4.78 is 166. The summed E-state index contributed by atoms with van der Waals surface area (Å²) in [5, 5.41) is 17.8. The van der Waals surface area contributed by atoms with E-state index >= 15 is 0 Å². The number of phenolic OH excluding ortho intramolecular Hbond substituents is 1. The van der Waals surface area contributed by atoms with Gasteiger partial charge in [0.2, 0.25) is 17.7 Å². The number of ether oxygens (including phenoxy) is 3. The summed E-state index contributed by atoms with van der Waals surface area (Å²) in [5.41, 5.74) is 25.1. The summed E-state index contributed by atoms with van der Waals surface area (Å²) in [6, 6.07) is 22.1. The van der Waals surface area contributed by atoms with Gasteiger partial charge in [0.1, 0.15) is 63.0 Å². The van der Waals surface area contributed by atoms with Crippen molar-refractivity contribution in [1.82, 2.24) is 34.9 Å². The van der Waals surface area contributed by atoms with Gasteiger partial charge in [-0.3, -0.25) is 0 Å². The average Bonchev–Trinajstić information content (AvgIpc) is 1.73. The molecule has 9 N–H and O–H groups in total. The van der Waals surface area contributed by atoms with E-state index in [-0.39, 0.29) is 80.2 Å². The van der Waals surface area contributed by atoms with Gasteiger partial charge in [0.15, 0.2) is 23.1 Å². The first-order chi connectivity index (χ1) is 42.5. The number of aromatic nitrogens is 7. The van der Waals surface area contributed by atoms with E-state index in [1.54, 1.807) is 31.3 Å². The third-order valence-corrected chi connectivity index (χ3v) is 11.0. The number of halogens is 14. The van der Waals surface area contributed by atoms with Crippen LogP contribution in [0.4, 0.5) is 71.4 Å². The standard InChI is InChI=1S/C13H8F2N2O.C13H10FN3O.C7H4FNO.C6H4BrF3N2.C6H5F3N2.C6H6FNO.C4H10O3.Br2.HNO2.Na/c2*1-7-4-9(12(15)16-6-7)13-17-10-5-8(14)2-3-11(10)18-13;8-5-1-2-7-6(3-5)9-4-10-7;7-4-1-3(6(8,9)10)2-12-5(4)11;7-6(8,9)4-1-2-5(10)11-3-4;7-4-1-2-6(9)5(8)3-4;1-5-4(6-2)7-3;1-2;2-1-3;/h2-6H,1H3;2-6H,1H3,(H2,15,16);1-4H;1-2H,(H2,11,12);1-3H,(H2,10,11);1-3,9H,8H2;4H,1-3H3;;(H,2,3);/q;;;;;;;;;+1/p-1. The fourth-order valence-electron chi connectivity index (χ4n) is 6.31. The normalized spacial score (nSPS) is 10.4. The molecule has 4 aromatic carbocycles. The van der Waals surface area contributed by atoms with Gasteiger partial charge in [-0.15, -0.1) is 5.34 Å². The number of aromatic hydroxyl groups is 1. The molecule has 0 aliphatic heterocycles. The zero-order valence-electron chi connectivity index (χ0n) is 47.7. The molecule has 0 radical (unpaired) electrons. The van der Waals surface area contributed by atoms with Gasteiger partial charge in [0.25, 0.3) is 6.48 Å². The van der Waals surface area contributed by atoms with E-state index in [0.717, 1.165) is 46.8 Å². The maximum Gasteiger partial charge on any atom is 1.00 e. The van der Waals surface area contributed by atoms with E-state index < -0.39 is 47.5 Å². The van der Waals surface area contributed by atoms with Crippen LogP contribution in [0.1, 0.15) is 22.3 Å². The van der Waals surface area contributed by atoms with Crippen molar-refractivity contribution in [3.8, 4) is 28.7 Å². The number of phenols is 1. The SMILES string of the molecule is BrBr.COC(OC)OC.Cc1cnc(F)c(-c2nc3cc(F)ccc3o2)c1.Cc1cnc(N)c(-c2nc3cc(F)ccc3o2)c1.Fc1ccc2ocnc2c1.Nc1cc(F)ccc1O.Nc1ccc(C(F)(F)F)cn1.Nc1ncc(C(F)(F)F)cc1Br.O=N[O-].[Na+]. The zero-order chi connectivity index (χ0) is 67.5. The molecule has 11 aromatic rings. The molecule has 21 nitrogen and oxygen atoms in total. The van der Waals surface area contributed by atoms with Crippen LogP contribution in [-0.2, 0) is 26.6 Å². The summed E-state index contributed by atoms with van der Waals surface area (Å²) in [4.78, 5) is 34.4. The number of rotatable bonds is 5. The third kappa shape index (κ3) is 26.3. The van der Waals surface area contributed by atoms with Crippen LogP contribution in [0, 0.1) is 53.2 Å². The molecule has 0 atom stereocenters. The van der Waals surface area contributed by atoms with E-state index in [9.17, 15) is 48.3 Å². The molecule has 91 heavy (non-hydrogen) atoms. The number of anilines is 4. The quantitative estimate of drug-likeness (QED) is 0.0156. The van der Waals surface area contributed by atoms with E-state index in [4.69, 9.17) is 51.4 Å². The molecule has 0 saturated carbocycles. The Morgan fingerprint density at radius 1 is 0.560 bits per heavy atom. The second-order valence-electron chi connectivity index (χ2n) is 16.9. The minimum atomic E-state index is -4.37. The van der Waals surface area contributed by atoms with Gasteiger partial charge >= 0.3 is 41.9 Å². The van der Waals surface area contributed by atoms with Crippen molar-refractivity contribution in [3.63, 3.8) is 0 Å². The third-order valence-electron chi connectivity index (χ3n) is 10.4. The first-order valence-corrected chi connectivity index (χ1v) is 28.7. The molecule has 0 fully saturated rings. The molecule has 36 heteroatoms. The molecular weight excluding hydrogens is 1440 g/mol. The van der Waals surface area contributed by atoms with Crippen LogP contribution in [0.25, 0.3) is 56.2 Å². The van der Waals surface area contributed by atoms with E-state index in [0.29, 0.717) is 63.0 Å². The average molecular weight is 1490 g/mol. The smallest absolute Gasteiger partial charge is 0.506 e. The predicted molar refractivity (Wildman–Crippen MR) is 322 cm³/mol. The Morgan fingerprint density at radius 3 is 1.45 bits per heavy atom. The summed E-state index contributed by atoms with van der Waals surface area (Å²) in [7, 11) is 4.53. The number of pyridine rings is 4. The van der Waals surface area contributed by atoms with Crippen LogP contribution < -0.4 is 52.5 Å². The van der Waals surface area contributed by atoms with Crippen LogP contribution in [0.3, 0.4) is 0 Å². The van der Waals surface area contributed by atoms with Crippen molar-refractivity contribution in [2.24, 2.45) is 5.34 Å². The Hall–Kier alpha value is -8.16. The Morgan fingerprint density at radius 2 is 1.00 bits per heavy atom. The number of hydrogen-bond donors (Lipinski definition) is 5. The summed E-state index contributed by atoms with van der Waals surface area (Å²) in [6.07, 6.45) is -2.92. The molecule has 0 spiro atoms. The zero-order valence-corrected chi connectivity index (χ0v) is 54.4. The summed E-state index contributed by atoms with van der Waals surface area (Å²) in [5.74, 6) is -1.32. The van der Waals surface area contributed by atoms with E-state index in [1.165, 1.54) is 82.5 Å². The minimum absolute atomic E-state index is 0. The molecule has 0 amide bonds. The number of nitrogens with two attached hydrogens (primary N) is 4. The predicted octanol–water partition coefficient (Wildman–Crippen LogP) is 12.8. The van der Waals surface area contributed by atoms with Gasteiger partial charge < -0.3 is 65.6 Å². The van der Waals surface area contributed by atoms with Gasteiger partial charge in [-0.2, -0.15) is 30.7 Å². The molecule has 0 saturated heterocycles. The molecule has 7 aromatic heterocycles. The maximum atomic E-state index is 13.6. The van der Waals surface area contributed by atoms with Crippen molar-refractivity contribution < 1.29 is 110 Å². The van der Waals surface area contributed by atoms with Crippen molar-refractivity contribution in [2.75, 3.05) is 44.3 Å². The van der Waals surface area contributed by atoms with Crippen molar-refractivity contribution in [2.45, 2.75) is 32.7 Å². The number of fused-ring (bicyclic) bond motifs is 3. The number of alkyl halides is 6. The Kier molecular flexibility index (Phi) is 33.4. The van der Waals surface area contributed by atoms with Crippen LogP contribution in [-0.4, -0.2) is 67.8 Å². The minimum Gasteiger partial charge on any atom is -0.506 e. The van der Waals surface area contributed by atoms with Crippen LogP contribution in [0.15, 0.2) is 157 Å². The Balaban J connectivity index is 0.000000364. The van der Waals surface area contributed by atoms with Gasteiger partial charge in [-0.25, -0.2) is 52.4 Å². The molecule has 0 bridgehead atoms. The molecule has 7 heterocycles. The van der Waals surface area contributed by atoms with Crippen LogP contribution in [0.5, 0.6) is 5.75 Å². The number of nitrogen functional groups attached to an aromatic ring is 4. The summed E-state index contributed by atoms with van der Waals surface area (Å²) in [6.45, 7) is 3.18. The largest absolute Gasteiger partial charge is 1.00 e. The van der Waals surface area contributed by atoms with Gasteiger partial charge in [0.05, 0.1) is 32.4 Å². The Bertz CT molecular complexity index is 3890. The maximum absolute atomic E-state index is 13.6. The van der Waals surface area contributed by atoms with Gasteiger partial charge in [-0.05, 0) is 120 Å². The Labute approximate surface area is 553 Å². The fourth-order valence-corrected chi connectivity index (χ4v) is 6.66. The molecule has 0 unspecified atom stereocenters. The van der Waals surface area contributed by atoms with Crippen molar-refractivity contribution in [1.29, 1.82) is 0 Å². The molecular formula is C55H47Br3F11N12NaO9. The second kappa shape index (κ2) is 38.5. The molecule has 0 aliphatic carbocycles. The topological polar surface area (TPSA) is 334 Å². The second-order valence-corrected chi connectivity index (χ2v) is 17.7.